The molecule has 0 heterocycles. The van der Waals surface area contributed by atoms with E-state index >= 15 is 0 Å². The number of ether oxygens (including phenoxy) is 1. The van der Waals surface area contributed by atoms with Gasteiger partial charge in [-0.2, -0.15) is 0 Å². The molecule has 128 valence electrons. The van der Waals surface area contributed by atoms with E-state index in [0.717, 1.165) is 10.0 Å². The van der Waals surface area contributed by atoms with Crippen molar-refractivity contribution in [3.63, 3.8) is 0 Å². The van der Waals surface area contributed by atoms with Gasteiger partial charge in [0, 0.05) is 17.6 Å². The number of hydrogen-bond acceptors (Lipinski definition) is 2. The number of urea groups is 1. The van der Waals surface area contributed by atoms with E-state index < -0.39 is 0 Å². The Kier molecular flexibility index (Phi) is 7.40. The van der Waals surface area contributed by atoms with Crippen molar-refractivity contribution in [3.8, 4) is 5.75 Å². The van der Waals surface area contributed by atoms with Crippen molar-refractivity contribution in [2.24, 2.45) is 0 Å². The maximum Gasteiger partial charge on any atom is 0.315 e. The summed E-state index contributed by atoms with van der Waals surface area (Å²) in [7, 11) is 0. The van der Waals surface area contributed by atoms with Crippen LogP contribution in [0.1, 0.15) is 17.5 Å². The van der Waals surface area contributed by atoms with E-state index in [1.165, 1.54) is 5.56 Å². The summed E-state index contributed by atoms with van der Waals surface area (Å²) in [5.41, 5.74) is 2.26. The van der Waals surface area contributed by atoms with Crippen LogP contribution in [0.15, 0.2) is 46.9 Å². The molecule has 0 radical (unpaired) electrons. The highest BCUT2D eigenvalue weighted by molar-refractivity contribution is 9.10. The van der Waals surface area contributed by atoms with Crippen molar-refractivity contribution in [2.75, 3.05) is 13.2 Å². The molecule has 0 saturated heterocycles. The average molecular weight is 412 g/mol. The fourth-order valence-corrected chi connectivity index (χ4v) is 2.84. The smallest absolute Gasteiger partial charge is 0.315 e. The molecule has 2 aromatic carbocycles. The Bertz CT molecular complexity index is 694. The zero-order chi connectivity index (χ0) is 17.4. The molecule has 2 rings (SSSR count). The second kappa shape index (κ2) is 9.55. The number of nitrogens with one attached hydrogen (secondary N) is 2. The Labute approximate surface area is 155 Å². The van der Waals surface area contributed by atoms with Gasteiger partial charge >= 0.3 is 6.03 Å². The Balaban J connectivity index is 1.61. The topological polar surface area (TPSA) is 50.4 Å². The van der Waals surface area contributed by atoms with E-state index in [0.29, 0.717) is 36.9 Å². The molecule has 0 aliphatic carbocycles. The van der Waals surface area contributed by atoms with Gasteiger partial charge in [-0.3, -0.25) is 0 Å². The van der Waals surface area contributed by atoms with Crippen LogP contribution >= 0.6 is 27.5 Å². The van der Waals surface area contributed by atoms with Gasteiger partial charge in [-0.25, -0.2) is 4.79 Å². The van der Waals surface area contributed by atoms with E-state index in [9.17, 15) is 4.79 Å². The van der Waals surface area contributed by atoms with Crippen LogP contribution in [0.5, 0.6) is 5.75 Å². The van der Waals surface area contributed by atoms with E-state index in [2.05, 4.69) is 32.6 Å². The lowest BCUT2D eigenvalue weighted by molar-refractivity contribution is 0.238. The number of aryl methyl sites for hydroxylation is 1. The zero-order valence-electron chi connectivity index (χ0n) is 13.4. The molecule has 6 heteroatoms. The number of rotatable bonds is 7. The van der Waals surface area contributed by atoms with Crippen LogP contribution in [-0.4, -0.2) is 19.2 Å². The van der Waals surface area contributed by atoms with E-state index in [1.54, 1.807) is 6.07 Å². The minimum absolute atomic E-state index is 0.182. The van der Waals surface area contributed by atoms with Crippen LogP contribution in [0, 0.1) is 6.92 Å². The molecule has 0 unspecified atom stereocenters. The van der Waals surface area contributed by atoms with Gasteiger partial charge in [-0.1, -0.05) is 57.4 Å². The molecule has 0 fully saturated rings. The number of benzene rings is 2. The van der Waals surface area contributed by atoms with Crippen molar-refractivity contribution in [3.05, 3.63) is 63.1 Å². The Morgan fingerprint density at radius 2 is 2.04 bits per heavy atom. The molecule has 2 N–H and O–H groups in total. The summed E-state index contributed by atoms with van der Waals surface area (Å²) in [5.74, 6) is 0.642. The van der Waals surface area contributed by atoms with Gasteiger partial charge < -0.3 is 15.4 Å². The first-order valence-corrected chi connectivity index (χ1v) is 8.87. The summed E-state index contributed by atoms with van der Waals surface area (Å²) in [6.45, 7) is 3.56. The predicted molar refractivity (Wildman–Crippen MR) is 101 cm³/mol. The van der Waals surface area contributed by atoms with Gasteiger partial charge in [0.2, 0.25) is 0 Å². The fourth-order valence-electron chi connectivity index (χ4n) is 2.12. The summed E-state index contributed by atoms with van der Waals surface area (Å²) in [6, 6.07) is 13.3. The molecule has 0 saturated carbocycles. The lowest BCUT2D eigenvalue weighted by Gasteiger charge is -2.10. The molecule has 0 aromatic heterocycles. The zero-order valence-corrected chi connectivity index (χ0v) is 15.8. The van der Waals surface area contributed by atoms with Crippen molar-refractivity contribution in [2.45, 2.75) is 19.9 Å². The van der Waals surface area contributed by atoms with Gasteiger partial charge in [-0.05, 0) is 37.1 Å². The van der Waals surface area contributed by atoms with Crippen molar-refractivity contribution >= 4 is 33.6 Å². The lowest BCUT2D eigenvalue weighted by atomic mass is 10.1. The third-order valence-electron chi connectivity index (χ3n) is 3.29. The molecule has 0 aliphatic rings. The predicted octanol–water partition coefficient (Wildman–Crippen LogP) is 4.68. The quantitative estimate of drug-likeness (QED) is 0.650. The number of halogens is 2. The Hall–Kier alpha value is -1.72. The molecule has 4 nitrogen and oxygen atoms in total. The summed E-state index contributed by atoms with van der Waals surface area (Å²) < 4.78 is 6.50. The summed E-state index contributed by atoms with van der Waals surface area (Å²) in [4.78, 5) is 11.7. The molecule has 24 heavy (non-hydrogen) atoms. The highest BCUT2D eigenvalue weighted by atomic mass is 79.9. The van der Waals surface area contributed by atoms with Crippen LogP contribution in [0.3, 0.4) is 0 Å². The van der Waals surface area contributed by atoms with Crippen LogP contribution in [0.25, 0.3) is 0 Å². The van der Waals surface area contributed by atoms with Gasteiger partial charge in [-0.15, -0.1) is 0 Å². The van der Waals surface area contributed by atoms with Crippen LogP contribution in [-0.2, 0) is 6.54 Å². The molecule has 0 atom stereocenters. The minimum Gasteiger partial charge on any atom is -0.492 e. The fraction of sp³-hybridized carbons (Fsp3) is 0.278. The largest absolute Gasteiger partial charge is 0.492 e. The number of hydrogen-bond donors (Lipinski definition) is 2. The van der Waals surface area contributed by atoms with Gasteiger partial charge in [0.25, 0.3) is 0 Å². The first-order chi connectivity index (χ1) is 11.5. The van der Waals surface area contributed by atoms with Crippen LogP contribution in [0.2, 0.25) is 5.02 Å². The maximum atomic E-state index is 11.7. The molecule has 0 aliphatic heterocycles. The normalized spacial score (nSPS) is 10.3. The van der Waals surface area contributed by atoms with Crippen molar-refractivity contribution in [1.29, 1.82) is 0 Å². The minimum atomic E-state index is -0.182. The number of carbonyl (C=O) groups excluding carboxylic acids is 1. The first-order valence-electron chi connectivity index (χ1n) is 7.69. The average Bonchev–Trinajstić information content (AvgIpc) is 2.54. The standard InChI is InChI=1S/C18H20BrClN2O2/c1-13-4-2-5-14(10-13)12-22-18(23)21-8-3-9-24-17-7-6-15(19)11-16(17)20/h2,4-7,10-11H,3,8-9,12H2,1H3,(H2,21,22,23). The van der Waals surface area contributed by atoms with Gasteiger partial charge in [0.1, 0.15) is 5.75 Å². The molecular formula is C18H20BrClN2O2. The highest BCUT2D eigenvalue weighted by Gasteiger charge is 2.03. The van der Waals surface area contributed by atoms with E-state index in [4.69, 9.17) is 16.3 Å². The Morgan fingerprint density at radius 1 is 1.21 bits per heavy atom. The summed E-state index contributed by atoms with van der Waals surface area (Å²) in [6.07, 6.45) is 0.699. The molecular weight excluding hydrogens is 392 g/mol. The monoisotopic (exact) mass is 410 g/mol. The second-order valence-electron chi connectivity index (χ2n) is 5.38. The molecule has 2 aromatic rings. The van der Waals surface area contributed by atoms with Crippen LogP contribution in [0.4, 0.5) is 4.79 Å². The second-order valence-corrected chi connectivity index (χ2v) is 6.70. The SMILES string of the molecule is Cc1cccc(CNC(=O)NCCCOc2ccc(Br)cc2Cl)c1. The van der Waals surface area contributed by atoms with E-state index in [-0.39, 0.29) is 6.03 Å². The first kappa shape index (κ1) is 18.6. The van der Waals surface area contributed by atoms with E-state index in [1.807, 2.05) is 37.3 Å². The summed E-state index contributed by atoms with van der Waals surface area (Å²) >= 11 is 9.41. The lowest BCUT2D eigenvalue weighted by Crippen LogP contribution is -2.36. The maximum absolute atomic E-state index is 11.7. The van der Waals surface area contributed by atoms with Crippen molar-refractivity contribution < 1.29 is 9.53 Å². The van der Waals surface area contributed by atoms with Crippen molar-refractivity contribution in [1.82, 2.24) is 10.6 Å². The molecule has 2 amide bonds. The summed E-state index contributed by atoms with van der Waals surface area (Å²) in [5, 5.41) is 6.20. The highest BCUT2D eigenvalue weighted by Crippen LogP contribution is 2.27. The molecule has 0 bridgehead atoms. The van der Waals surface area contributed by atoms with Gasteiger partial charge in [0.15, 0.2) is 0 Å². The Morgan fingerprint density at radius 3 is 2.79 bits per heavy atom. The van der Waals surface area contributed by atoms with Gasteiger partial charge in [0.05, 0.1) is 11.6 Å². The third kappa shape index (κ3) is 6.42. The molecule has 0 spiro atoms. The number of amides is 2. The third-order valence-corrected chi connectivity index (χ3v) is 4.08. The number of carbonyl (C=O) groups is 1. The van der Waals surface area contributed by atoms with Crippen LogP contribution < -0.4 is 15.4 Å².